The topological polar surface area (TPSA) is 71.0 Å². The van der Waals surface area contributed by atoms with Gasteiger partial charge in [0.25, 0.3) is 5.91 Å². The second kappa shape index (κ2) is 8.01. The van der Waals surface area contributed by atoms with Crippen LogP contribution in [0, 0.1) is 0 Å². The van der Waals surface area contributed by atoms with E-state index in [1.165, 1.54) is 0 Å². The number of hydrogen-bond donors (Lipinski definition) is 1. The molecule has 0 saturated heterocycles. The fraction of sp³-hybridized carbons (Fsp3) is 0.158. The third-order valence-corrected chi connectivity index (χ3v) is 3.73. The standard InChI is InChI=1S/C19H19N5O/c1-2-24(17-6-4-3-5-7-17)19-22-13-16(14-23-19)18(25)21-12-15-8-10-20-11-9-15/h3-11,13-14H,2,12H2,1H3,(H,21,25). The Labute approximate surface area is 146 Å². The van der Waals surface area contributed by atoms with Crippen molar-refractivity contribution in [3.8, 4) is 0 Å². The number of para-hydroxylation sites is 1. The summed E-state index contributed by atoms with van der Waals surface area (Å²) in [6.45, 7) is 3.21. The smallest absolute Gasteiger partial charge is 0.254 e. The Kier molecular flexibility index (Phi) is 5.31. The first-order valence-corrected chi connectivity index (χ1v) is 8.09. The molecular formula is C19H19N5O. The molecule has 6 heteroatoms. The Hall–Kier alpha value is -3.28. The first-order chi connectivity index (χ1) is 12.3. The van der Waals surface area contributed by atoms with Gasteiger partial charge in [-0.2, -0.15) is 0 Å². The molecule has 0 aliphatic rings. The number of nitrogens with zero attached hydrogens (tertiary/aromatic N) is 4. The number of nitrogens with one attached hydrogen (secondary N) is 1. The summed E-state index contributed by atoms with van der Waals surface area (Å²) in [5.74, 6) is 0.366. The van der Waals surface area contributed by atoms with Gasteiger partial charge in [-0.05, 0) is 36.8 Å². The summed E-state index contributed by atoms with van der Waals surface area (Å²) in [5, 5.41) is 2.85. The molecule has 6 nitrogen and oxygen atoms in total. The van der Waals surface area contributed by atoms with E-state index in [9.17, 15) is 4.79 Å². The van der Waals surface area contributed by atoms with Gasteiger partial charge < -0.3 is 10.2 Å². The van der Waals surface area contributed by atoms with Crippen LogP contribution in [0.1, 0.15) is 22.8 Å². The lowest BCUT2D eigenvalue weighted by atomic mass is 10.2. The van der Waals surface area contributed by atoms with Crippen LogP contribution in [0.15, 0.2) is 67.3 Å². The molecule has 2 aromatic heterocycles. The number of carbonyl (C=O) groups excluding carboxylic acids is 1. The summed E-state index contributed by atoms with van der Waals surface area (Å²) in [4.78, 5) is 26.8. The average molecular weight is 333 g/mol. The molecule has 0 unspecified atom stereocenters. The Morgan fingerprint density at radius 3 is 2.36 bits per heavy atom. The third kappa shape index (κ3) is 4.17. The van der Waals surface area contributed by atoms with E-state index in [2.05, 4.69) is 20.3 Å². The van der Waals surface area contributed by atoms with Gasteiger partial charge in [-0.15, -0.1) is 0 Å². The van der Waals surface area contributed by atoms with Crippen molar-refractivity contribution in [2.24, 2.45) is 0 Å². The van der Waals surface area contributed by atoms with E-state index < -0.39 is 0 Å². The number of aromatic nitrogens is 3. The lowest BCUT2D eigenvalue weighted by Gasteiger charge is -2.20. The van der Waals surface area contributed by atoms with Gasteiger partial charge in [-0.1, -0.05) is 18.2 Å². The molecule has 0 radical (unpaired) electrons. The van der Waals surface area contributed by atoms with E-state index in [-0.39, 0.29) is 5.91 Å². The molecule has 3 aromatic rings. The SMILES string of the molecule is CCN(c1ccccc1)c1ncc(C(=O)NCc2ccncc2)cn1. The fourth-order valence-corrected chi connectivity index (χ4v) is 2.41. The van der Waals surface area contributed by atoms with Gasteiger partial charge in [0, 0.05) is 43.6 Å². The van der Waals surface area contributed by atoms with Crippen molar-refractivity contribution in [1.29, 1.82) is 0 Å². The second-order valence-electron chi connectivity index (χ2n) is 5.39. The number of anilines is 2. The Balaban J connectivity index is 1.68. The Morgan fingerprint density at radius 2 is 1.72 bits per heavy atom. The number of pyridine rings is 1. The summed E-state index contributed by atoms with van der Waals surface area (Å²) in [5.41, 5.74) is 2.43. The van der Waals surface area contributed by atoms with Crippen LogP contribution in [0.2, 0.25) is 0 Å². The van der Waals surface area contributed by atoms with E-state index >= 15 is 0 Å². The molecule has 3 rings (SSSR count). The summed E-state index contributed by atoms with van der Waals surface area (Å²) in [6, 6.07) is 13.6. The van der Waals surface area contributed by atoms with Crippen LogP contribution in [0.4, 0.5) is 11.6 Å². The monoisotopic (exact) mass is 333 g/mol. The quantitative estimate of drug-likeness (QED) is 0.751. The highest BCUT2D eigenvalue weighted by molar-refractivity contribution is 5.93. The van der Waals surface area contributed by atoms with Gasteiger partial charge in [0.05, 0.1) is 5.56 Å². The first-order valence-electron chi connectivity index (χ1n) is 8.09. The first kappa shape index (κ1) is 16.6. The summed E-state index contributed by atoms with van der Waals surface area (Å²) < 4.78 is 0. The van der Waals surface area contributed by atoms with Crippen molar-refractivity contribution < 1.29 is 4.79 Å². The van der Waals surface area contributed by atoms with Crippen LogP contribution in [0.3, 0.4) is 0 Å². The van der Waals surface area contributed by atoms with E-state index in [4.69, 9.17) is 0 Å². The predicted octanol–water partition coefficient (Wildman–Crippen LogP) is 2.96. The zero-order valence-corrected chi connectivity index (χ0v) is 14.0. The van der Waals surface area contributed by atoms with Gasteiger partial charge in [0.15, 0.2) is 0 Å². The number of amides is 1. The van der Waals surface area contributed by atoms with Crippen LogP contribution in [-0.4, -0.2) is 27.4 Å². The molecule has 25 heavy (non-hydrogen) atoms. The predicted molar refractivity (Wildman–Crippen MR) is 96.6 cm³/mol. The highest BCUT2D eigenvalue weighted by atomic mass is 16.1. The van der Waals surface area contributed by atoms with Gasteiger partial charge in [0.1, 0.15) is 0 Å². The maximum Gasteiger partial charge on any atom is 0.254 e. The minimum absolute atomic E-state index is 0.203. The average Bonchev–Trinajstić information content (AvgIpc) is 2.69. The molecule has 0 aliphatic heterocycles. The Morgan fingerprint density at radius 1 is 1.04 bits per heavy atom. The maximum atomic E-state index is 12.2. The van der Waals surface area contributed by atoms with E-state index in [1.807, 2.05) is 54.3 Å². The molecule has 0 spiro atoms. The molecule has 0 saturated carbocycles. The summed E-state index contributed by atoms with van der Waals surface area (Å²) in [7, 11) is 0. The van der Waals surface area contributed by atoms with Crippen molar-refractivity contribution in [1.82, 2.24) is 20.3 Å². The Bertz CT molecular complexity index is 806. The van der Waals surface area contributed by atoms with Crippen LogP contribution in [0.5, 0.6) is 0 Å². The van der Waals surface area contributed by atoms with E-state index in [0.29, 0.717) is 18.1 Å². The third-order valence-electron chi connectivity index (χ3n) is 3.73. The van der Waals surface area contributed by atoms with Crippen LogP contribution in [-0.2, 0) is 6.54 Å². The lowest BCUT2D eigenvalue weighted by molar-refractivity contribution is 0.0950. The van der Waals surface area contributed by atoms with Crippen molar-refractivity contribution in [2.75, 3.05) is 11.4 Å². The number of hydrogen-bond acceptors (Lipinski definition) is 5. The summed E-state index contributed by atoms with van der Waals surface area (Å²) in [6.07, 6.45) is 6.50. The van der Waals surface area contributed by atoms with Crippen LogP contribution >= 0.6 is 0 Å². The molecule has 0 fully saturated rings. The maximum absolute atomic E-state index is 12.2. The van der Waals surface area contributed by atoms with Gasteiger partial charge in [-0.3, -0.25) is 9.78 Å². The molecule has 2 heterocycles. The van der Waals surface area contributed by atoms with Crippen molar-refractivity contribution in [3.05, 3.63) is 78.4 Å². The minimum Gasteiger partial charge on any atom is -0.348 e. The largest absolute Gasteiger partial charge is 0.348 e. The molecule has 0 aliphatic carbocycles. The second-order valence-corrected chi connectivity index (χ2v) is 5.39. The highest BCUT2D eigenvalue weighted by Gasteiger charge is 2.12. The number of rotatable bonds is 6. The number of benzene rings is 1. The van der Waals surface area contributed by atoms with Crippen molar-refractivity contribution in [3.63, 3.8) is 0 Å². The van der Waals surface area contributed by atoms with Crippen LogP contribution in [0.25, 0.3) is 0 Å². The van der Waals surface area contributed by atoms with Crippen LogP contribution < -0.4 is 10.2 Å². The molecular weight excluding hydrogens is 314 g/mol. The fourth-order valence-electron chi connectivity index (χ4n) is 2.41. The zero-order chi connectivity index (χ0) is 17.5. The zero-order valence-electron chi connectivity index (χ0n) is 14.0. The lowest BCUT2D eigenvalue weighted by Crippen LogP contribution is -2.24. The van der Waals surface area contributed by atoms with Gasteiger partial charge in [-0.25, -0.2) is 9.97 Å². The molecule has 1 aromatic carbocycles. The minimum atomic E-state index is -0.203. The van der Waals surface area contributed by atoms with Gasteiger partial charge in [0.2, 0.25) is 5.95 Å². The summed E-state index contributed by atoms with van der Waals surface area (Å²) >= 11 is 0. The number of carbonyl (C=O) groups is 1. The van der Waals surface area contributed by atoms with Crippen molar-refractivity contribution in [2.45, 2.75) is 13.5 Å². The molecule has 1 amide bonds. The molecule has 126 valence electrons. The van der Waals surface area contributed by atoms with Crippen molar-refractivity contribution >= 4 is 17.5 Å². The van der Waals surface area contributed by atoms with E-state index in [0.717, 1.165) is 17.8 Å². The normalized spacial score (nSPS) is 10.3. The molecule has 1 N–H and O–H groups in total. The molecule has 0 bridgehead atoms. The van der Waals surface area contributed by atoms with E-state index in [1.54, 1.807) is 24.8 Å². The van der Waals surface area contributed by atoms with Gasteiger partial charge >= 0.3 is 0 Å². The highest BCUT2D eigenvalue weighted by Crippen LogP contribution is 2.20. The molecule has 0 atom stereocenters.